The summed E-state index contributed by atoms with van der Waals surface area (Å²) in [6.07, 6.45) is 7.48. The summed E-state index contributed by atoms with van der Waals surface area (Å²) in [6, 6.07) is 4.26. The summed E-state index contributed by atoms with van der Waals surface area (Å²) in [5.74, 6) is 1.15. The van der Waals surface area contributed by atoms with Gasteiger partial charge >= 0.3 is 0 Å². The van der Waals surface area contributed by atoms with Crippen LogP contribution in [0.4, 0.5) is 5.82 Å². The fraction of sp³-hybridized carbons (Fsp3) is 0.667. The lowest BCUT2D eigenvalue weighted by atomic mass is 9.93. The van der Waals surface area contributed by atoms with Crippen LogP contribution in [0.3, 0.4) is 0 Å². The van der Waals surface area contributed by atoms with Gasteiger partial charge in [-0.25, -0.2) is 4.98 Å². The molecule has 1 aliphatic rings. The molecule has 2 rings (SSSR count). The monoisotopic (exact) mass is 319 g/mol. The zero-order valence-electron chi connectivity index (χ0n) is 14.3. The standard InChI is InChI=1S/C18H29N3O2/c1-14-6-5-12-19-18(14)21(2)13-4-3-7-17(23)20-15-8-10-16(22)11-9-15/h5-6,12,15-16,22H,3-4,7-11,13H2,1-2H3,(H,20,23). The van der Waals surface area contributed by atoms with Gasteiger partial charge in [-0.3, -0.25) is 4.79 Å². The van der Waals surface area contributed by atoms with Crippen LogP contribution in [0.25, 0.3) is 0 Å². The van der Waals surface area contributed by atoms with Gasteiger partial charge in [-0.05, 0) is 57.1 Å². The van der Waals surface area contributed by atoms with E-state index >= 15 is 0 Å². The average molecular weight is 319 g/mol. The second-order valence-corrected chi connectivity index (χ2v) is 6.60. The van der Waals surface area contributed by atoms with E-state index in [0.717, 1.165) is 50.9 Å². The lowest BCUT2D eigenvalue weighted by Crippen LogP contribution is -2.38. The first-order chi connectivity index (χ1) is 11.1. The van der Waals surface area contributed by atoms with Crippen LogP contribution in [0.1, 0.15) is 50.5 Å². The number of amides is 1. The second kappa shape index (κ2) is 8.87. The Morgan fingerprint density at radius 3 is 2.78 bits per heavy atom. The van der Waals surface area contributed by atoms with Crippen molar-refractivity contribution in [2.45, 2.75) is 64.0 Å². The third-order valence-corrected chi connectivity index (χ3v) is 4.55. The Bertz CT molecular complexity index is 499. The van der Waals surface area contributed by atoms with Crippen LogP contribution < -0.4 is 10.2 Å². The summed E-state index contributed by atoms with van der Waals surface area (Å²) >= 11 is 0. The molecule has 5 nitrogen and oxygen atoms in total. The van der Waals surface area contributed by atoms with Crippen molar-refractivity contribution < 1.29 is 9.90 Å². The Labute approximate surface area is 139 Å². The molecule has 0 unspecified atom stereocenters. The Morgan fingerprint density at radius 2 is 2.09 bits per heavy atom. The van der Waals surface area contributed by atoms with Gasteiger partial charge < -0.3 is 15.3 Å². The van der Waals surface area contributed by atoms with Crippen LogP contribution in [-0.2, 0) is 4.79 Å². The Morgan fingerprint density at radius 1 is 1.35 bits per heavy atom. The molecule has 0 spiro atoms. The molecule has 0 aliphatic heterocycles. The fourth-order valence-corrected chi connectivity index (χ4v) is 3.14. The first-order valence-corrected chi connectivity index (χ1v) is 8.66. The fourth-order valence-electron chi connectivity index (χ4n) is 3.14. The molecule has 1 fully saturated rings. The van der Waals surface area contributed by atoms with Gasteiger partial charge in [0.25, 0.3) is 0 Å². The smallest absolute Gasteiger partial charge is 0.220 e. The van der Waals surface area contributed by atoms with Crippen molar-refractivity contribution >= 4 is 11.7 Å². The van der Waals surface area contributed by atoms with Crippen LogP contribution in [0.15, 0.2) is 18.3 Å². The molecule has 0 saturated heterocycles. The SMILES string of the molecule is Cc1cccnc1N(C)CCCCC(=O)NC1CCC(O)CC1. The Hall–Kier alpha value is -1.62. The topological polar surface area (TPSA) is 65.5 Å². The van der Waals surface area contributed by atoms with E-state index in [-0.39, 0.29) is 18.1 Å². The van der Waals surface area contributed by atoms with Crippen LogP contribution in [-0.4, -0.2) is 41.7 Å². The van der Waals surface area contributed by atoms with Gasteiger partial charge in [-0.1, -0.05) is 6.07 Å². The predicted octanol–water partition coefficient (Wildman–Crippen LogP) is 2.42. The van der Waals surface area contributed by atoms with Crippen molar-refractivity contribution in [3.63, 3.8) is 0 Å². The summed E-state index contributed by atoms with van der Waals surface area (Å²) in [7, 11) is 2.04. The second-order valence-electron chi connectivity index (χ2n) is 6.60. The van der Waals surface area contributed by atoms with Crippen molar-refractivity contribution in [3.8, 4) is 0 Å². The zero-order chi connectivity index (χ0) is 16.7. The van der Waals surface area contributed by atoms with Gasteiger partial charge in [-0.15, -0.1) is 0 Å². The number of nitrogens with one attached hydrogen (secondary N) is 1. The molecule has 1 heterocycles. The largest absolute Gasteiger partial charge is 0.393 e. The molecule has 0 bridgehead atoms. The summed E-state index contributed by atoms with van der Waals surface area (Å²) in [5.41, 5.74) is 1.17. The average Bonchev–Trinajstić information content (AvgIpc) is 2.54. The third kappa shape index (κ3) is 5.82. The molecule has 0 atom stereocenters. The maximum Gasteiger partial charge on any atom is 0.220 e. The zero-order valence-corrected chi connectivity index (χ0v) is 14.3. The molecule has 1 aromatic heterocycles. The van der Waals surface area contributed by atoms with Gasteiger partial charge in [0.15, 0.2) is 0 Å². The lowest BCUT2D eigenvalue weighted by molar-refractivity contribution is -0.122. The highest BCUT2D eigenvalue weighted by Crippen LogP contribution is 2.18. The number of hydrogen-bond acceptors (Lipinski definition) is 4. The maximum absolute atomic E-state index is 12.0. The highest BCUT2D eigenvalue weighted by atomic mass is 16.3. The van der Waals surface area contributed by atoms with E-state index in [4.69, 9.17) is 0 Å². The van der Waals surface area contributed by atoms with E-state index in [1.807, 2.05) is 19.3 Å². The van der Waals surface area contributed by atoms with Crippen LogP contribution >= 0.6 is 0 Å². The normalized spacial score (nSPS) is 21.0. The molecule has 1 saturated carbocycles. The predicted molar refractivity (Wildman–Crippen MR) is 92.5 cm³/mol. The highest BCUT2D eigenvalue weighted by Gasteiger charge is 2.20. The Balaban J connectivity index is 1.61. The first-order valence-electron chi connectivity index (χ1n) is 8.66. The number of carbonyl (C=O) groups excluding carboxylic acids is 1. The van der Waals surface area contributed by atoms with Gasteiger partial charge in [0.1, 0.15) is 5.82 Å². The molecule has 0 aromatic carbocycles. The van der Waals surface area contributed by atoms with E-state index in [0.29, 0.717) is 6.42 Å². The van der Waals surface area contributed by atoms with E-state index < -0.39 is 0 Å². The minimum Gasteiger partial charge on any atom is -0.393 e. The molecule has 128 valence electrons. The number of unbranched alkanes of at least 4 members (excludes halogenated alkanes) is 1. The van der Waals surface area contributed by atoms with Crippen molar-refractivity contribution in [1.82, 2.24) is 10.3 Å². The number of aliphatic hydroxyl groups excluding tert-OH is 1. The van der Waals surface area contributed by atoms with Crippen LogP contribution in [0.2, 0.25) is 0 Å². The Kier molecular flexibility index (Phi) is 6.84. The molecular formula is C18H29N3O2. The summed E-state index contributed by atoms with van der Waals surface area (Å²) < 4.78 is 0. The number of aromatic nitrogens is 1. The van der Waals surface area contributed by atoms with E-state index in [9.17, 15) is 9.90 Å². The number of anilines is 1. The summed E-state index contributed by atoms with van der Waals surface area (Å²) in [4.78, 5) is 18.5. The molecule has 0 radical (unpaired) electrons. The van der Waals surface area contributed by atoms with Gasteiger partial charge in [0, 0.05) is 32.3 Å². The molecule has 23 heavy (non-hydrogen) atoms. The van der Waals surface area contributed by atoms with E-state index in [2.05, 4.69) is 28.2 Å². The van der Waals surface area contributed by atoms with Crippen LogP contribution in [0, 0.1) is 6.92 Å². The number of nitrogens with zero attached hydrogens (tertiary/aromatic N) is 2. The number of rotatable bonds is 7. The molecule has 5 heteroatoms. The number of aliphatic hydroxyl groups is 1. The first kappa shape index (κ1) is 17.7. The van der Waals surface area contributed by atoms with E-state index in [1.165, 1.54) is 5.56 Å². The van der Waals surface area contributed by atoms with Gasteiger partial charge in [0.2, 0.25) is 5.91 Å². The van der Waals surface area contributed by atoms with E-state index in [1.54, 1.807) is 0 Å². The lowest BCUT2D eigenvalue weighted by Gasteiger charge is -2.26. The quantitative estimate of drug-likeness (QED) is 0.758. The molecule has 1 amide bonds. The number of pyridine rings is 1. The molecule has 1 aromatic rings. The molecular weight excluding hydrogens is 290 g/mol. The highest BCUT2D eigenvalue weighted by molar-refractivity contribution is 5.76. The molecule has 2 N–H and O–H groups in total. The van der Waals surface area contributed by atoms with Crippen molar-refractivity contribution in [2.75, 3.05) is 18.5 Å². The summed E-state index contributed by atoms with van der Waals surface area (Å²) in [5, 5.41) is 12.6. The minimum absolute atomic E-state index is 0.142. The van der Waals surface area contributed by atoms with Crippen molar-refractivity contribution in [1.29, 1.82) is 0 Å². The maximum atomic E-state index is 12.0. The van der Waals surface area contributed by atoms with Crippen LogP contribution in [0.5, 0.6) is 0 Å². The number of hydrogen-bond donors (Lipinski definition) is 2. The van der Waals surface area contributed by atoms with Gasteiger partial charge in [-0.2, -0.15) is 0 Å². The van der Waals surface area contributed by atoms with Gasteiger partial charge in [0.05, 0.1) is 6.10 Å². The molecule has 1 aliphatic carbocycles. The number of carbonyl (C=O) groups is 1. The minimum atomic E-state index is -0.172. The summed E-state index contributed by atoms with van der Waals surface area (Å²) in [6.45, 7) is 2.97. The number of aryl methyl sites for hydroxylation is 1. The third-order valence-electron chi connectivity index (χ3n) is 4.55. The van der Waals surface area contributed by atoms with Crippen molar-refractivity contribution in [3.05, 3.63) is 23.9 Å². The van der Waals surface area contributed by atoms with Crippen molar-refractivity contribution in [2.24, 2.45) is 0 Å².